The summed E-state index contributed by atoms with van der Waals surface area (Å²) in [6.07, 6.45) is 3.43. The highest BCUT2D eigenvalue weighted by molar-refractivity contribution is 5.94. The Kier molecular flexibility index (Phi) is 9.54. The van der Waals surface area contributed by atoms with E-state index in [1.54, 1.807) is 0 Å². The van der Waals surface area contributed by atoms with Gasteiger partial charge >= 0.3 is 5.97 Å². The van der Waals surface area contributed by atoms with Crippen LogP contribution in [0.2, 0.25) is 0 Å². The Bertz CT molecular complexity index is 1020. The molecule has 6 nitrogen and oxygen atoms in total. The number of unbranched alkanes of at least 4 members (excludes halogenated alkanes) is 2. The second-order valence-electron chi connectivity index (χ2n) is 8.68. The summed E-state index contributed by atoms with van der Waals surface area (Å²) in [6.45, 7) is 5.73. The molecule has 0 saturated carbocycles. The van der Waals surface area contributed by atoms with E-state index < -0.39 is 5.97 Å². The zero-order valence-electron chi connectivity index (χ0n) is 20.0. The van der Waals surface area contributed by atoms with Gasteiger partial charge in [0.05, 0.1) is 13.2 Å². The van der Waals surface area contributed by atoms with Gasteiger partial charge in [-0.3, -0.25) is 9.59 Å². The number of rotatable bonds is 11. The highest BCUT2D eigenvalue weighted by atomic mass is 16.5. The van der Waals surface area contributed by atoms with Crippen molar-refractivity contribution in [3.05, 3.63) is 65.2 Å². The van der Waals surface area contributed by atoms with Gasteiger partial charge in [-0.2, -0.15) is 0 Å². The van der Waals surface area contributed by atoms with Crippen molar-refractivity contribution in [1.82, 2.24) is 4.90 Å². The van der Waals surface area contributed by atoms with Crippen LogP contribution in [0.1, 0.15) is 67.4 Å². The van der Waals surface area contributed by atoms with Gasteiger partial charge in [0.2, 0.25) is 0 Å². The SMILES string of the molecule is CC(C)N(Cc1ccccc1OCCCCCC(=O)O)C(=O)c1ccc(C#CC2CCO2)cc1. The lowest BCUT2D eigenvalue weighted by Crippen LogP contribution is -2.36. The molecule has 1 atom stereocenters. The average Bonchev–Trinajstić information content (AvgIpc) is 2.79. The predicted octanol–water partition coefficient (Wildman–Crippen LogP) is 4.90. The Labute approximate surface area is 201 Å². The zero-order chi connectivity index (χ0) is 24.3. The second kappa shape index (κ2) is 12.8. The van der Waals surface area contributed by atoms with Crippen LogP contribution in [0.3, 0.4) is 0 Å². The first-order valence-corrected chi connectivity index (χ1v) is 11.9. The van der Waals surface area contributed by atoms with E-state index in [0.29, 0.717) is 25.1 Å². The monoisotopic (exact) mass is 463 g/mol. The minimum atomic E-state index is -0.768. The van der Waals surface area contributed by atoms with Crippen LogP contribution in [-0.2, 0) is 16.1 Å². The quantitative estimate of drug-likeness (QED) is 0.379. The molecule has 1 heterocycles. The molecule has 0 bridgehead atoms. The average molecular weight is 464 g/mol. The normalized spacial score (nSPS) is 14.6. The summed E-state index contributed by atoms with van der Waals surface area (Å²) in [5.41, 5.74) is 2.43. The second-order valence-corrected chi connectivity index (χ2v) is 8.68. The molecule has 1 aliphatic heterocycles. The van der Waals surface area contributed by atoms with E-state index in [4.69, 9.17) is 14.6 Å². The number of hydrogen-bond donors (Lipinski definition) is 1. The number of carbonyl (C=O) groups is 2. The van der Waals surface area contributed by atoms with E-state index in [-0.39, 0.29) is 24.5 Å². The number of carbonyl (C=O) groups excluding carboxylic acids is 1. The van der Waals surface area contributed by atoms with E-state index >= 15 is 0 Å². The van der Waals surface area contributed by atoms with Crippen molar-refractivity contribution in [3.63, 3.8) is 0 Å². The van der Waals surface area contributed by atoms with E-state index in [1.807, 2.05) is 67.3 Å². The van der Waals surface area contributed by atoms with Gasteiger partial charge in [0.1, 0.15) is 11.9 Å². The third-order valence-corrected chi connectivity index (χ3v) is 5.70. The molecule has 2 aromatic carbocycles. The zero-order valence-corrected chi connectivity index (χ0v) is 20.0. The van der Waals surface area contributed by atoms with Crippen molar-refractivity contribution in [1.29, 1.82) is 0 Å². The van der Waals surface area contributed by atoms with E-state index in [9.17, 15) is 9.59 Å². The lowest BCUT2D eigenvalue weighted by atomic mass is 10.1. The fourth-order valence-corrected chi connectivity index (χ4v) is 3.56. The van der Waals surface area contributed by atoms with Crippen molar-refractivity contribution in [2.45, 2.75) is 64.6 Å². The summed E-state index contributed by atoms with van der Waals surface area (Å²) in [7, 11) is 0. The standard InChI is InChI=1S/C28H33NO5/c1-21(2)29(28(32)23-14-11-22(12-15-23)13-16-25-17-19-33-25)20-24-8-5-6-9-26(24)34-18-7-3-4-10-27(30)31/h5-6,8-9,11-12,14-15,21,25H,3-4,7,10,17-20H2,1-2H3,(H,30,31). The number of aliphatic carboxylic acids is 1. The van der Waals surface area contributed by atoms with Crippen LogP contribution in [0, 0.1) is 11.8 Å². The van der Waals surface area contributed by atoms with Crippen LogP contribution in [0.5, 0.6) is 5.75 Å². The summed E-state index contributed by atoms with van der Waals surface area (Å²) in [4.78, 5) is 25.8. The molecule has 0 aliphatic carbocycles. The van der Waals surface area contributed by atoms with Crippen LogP contribution >= 0.6 is 0 Å². The molecule has 180 valence electrons. The number of para-hydroxylation sites is 1. The molecule has 1 amide bonds. The van der Waals surface area contributed by atoms with Crippen molar-refractivity contribution < 1.29 is 24.2 Å². The molecule has 1 aliphatic rings. The molecular weight excluding hydrogens is 430 g/mol. The first-order valence-electron chi connectivity index (χ1n) is 11.9. The van der Waals surface area contributed by atoms with Gasteiger partial charge in [0.15, 0.2) is 0 Å². The number of hydrogen-bond acceptors (Lipinski definition) is 4. The van der Waals surface area contributed by atoms with Gasteiger partial charge in [-0.05, 0) is 63.4 Å². The molecule has 3 rings (SSSR count). The summed E-state index contributed by atoms with van der Waals surface area (Å²) < 4.78 is 11.3. The lowest BCUT2D eigenvalue weighted by Gasteiger charge is -2.28. The first kappa shape index (κ1) is 25.3. The number of ether oxygens (including phenoxy) is 2. The smallest absolute Gasteiger partial charge is 0.303 e. The van der Waals surface area contributed by atoms with E-state index in [1.165, 1.54) is 0 Å². The molecule has 1 unspecified atom stereocenters. The van der Waals surface area contributed by atoms with Gasteiger partial charge in [-0.1, -0.05) is 30.0 Å². The Morgan fingerprint density at radius 3 is 2.50 bits per heavy atom. The van der Waals surface area contributed by atoms with Crippen LogP contribution in [0.25, 0.3) is 0 Å². The maximum Gasteiger partial charge on any atom is 0.303 e. The Morgan fingerprint density at radius 2 is 1.85 bits per heavy atom. The molecule has 0 spiro atoms. The van der Waals surface area contributed by atoms with E-state index in [0.717, 1.165) is 42.7 Å². The van der Waals surface area contributed by atoms with E-state index in [2.05, 4.69) is 11.8 Å². The molecule has 2 aromatic rings. The minimum absolute atomic E-state index is 0.00630. The van der Waals surface area contributed by atoms with Gasteiger partial charge in [0.25, 0.3) is 5.91 Å². The van der Waals surface area contributed by atoms with Gasteiger partial charge in [-0.15, -0.1) is 0 Å². The molecule has 1 fully saturated rings. The topological polar surface area (TPSA) is 76.1 Å². The molecule has 34 heavy (non-hydrogen) atoms. The highest BCUT2D eigenvalue weighted by Gasteiger charge is 2.21. The number of carboxylic acids is 1. The molecule has 0 aromatic heterocycles. The van der Waals surface area contributed by atoms with Crippen molar-refractivity contribution in [3.8, 4) is 17.6 Å². The van der Waals surface area contributed by atoms with Crippen LogP contribution in [0.4, 0.5) is 0 Å². The molecule has 6 heteroatoms. The molecule has 0 radical (unpaired) electrons. The van der Waals surface area contributed by atoms with Crippen molar-refractivity contribution in [2.24, 2.45) is 0 Å². The molecule has 1 N–H and O–H groups in total. The number of carboxylic acid groups (broad SMARTS) is 1. The van der Waals surface area contributed by atoms with Gasteiger partial charge < -0.3 is 19.5 Å². The Morgan fingerprint density at radius 1 is 1.12 bits per heavy atom. The molecule has 1 saturated heterocycles. The van der Waals surface area contributed by atoms with Gasteiger partial charge in [-0.25, -0.2) is 0 Å². The predicted molar refractivity (Wildman–Crippen MR) is 131 cm³/mol. The summed E-state index contributed by atoms with van der Waals surface area (Å²) in [5, 5.41) is 8.74. The largest absolute Gasteiger partial charge is 0.493 e. The number of amides is 1. The van der Waals surface area contributed by atoms with Crippen molar-refractivity contribution >= 4 is 11.9 Å². The third-order valence-electron chi connectivity index (χ3n) is 5.70. The summed E-state index contributed by atoms with van der Waals surface area (Å²) in [6, 6.07) is 15.1. The fraction of sp³-hybridized carbons (Fsp3) is 0.429. The van der Waals surface area contributed by atoms with Gasteiger partial charge in [0, 0.05) is 42.1 Å². The Hall–Kier alpha value is -3.30. The fourth-order valence-electron chi connectivity index (χ4n) is 3.56. The number of nitrogens with zero attached hydrogens (tertiary/aromatic N) is 1. The van der Waals surface area contributed by atoms with Crippen LogP contribution in [-0.4, -0.2) is 47.2 Å². The van der Waals surface area contributed by atoms with Crippen LogP contribution in [0.15, 0.2) is 48.5 Å². The number of benzene rings is 2. The third kappa shape index (κ3) is 7.64. The minimum Gasteiger partial charge on any atom is -0.493 e. The summed E-state index contributed by atoms with van der Waals surface area (Å²) >= 11 is 0. The Balaban J connectivity index is 1.61. The van der Waals surface area contributed by atoms with Crippen molar-refractivity contribution in [2.75, 3.05) is 13.2 Å². The molecular formula is C28H33NO5. The summed E-state index contributed by atoms with van der Waals surface area (Å²) in [5.74, 6) is 6.14. The highest BCUT2D eigenvalue weighted by Crippen LogP contribution is 2.23. The maximum atomic E-state index is 13.3. The maximum absolute atomic E-state index is 13.3. The van der Waals surface area contributed by atoms with Crippen LogP contribution < -0.4 is 4.74 Å². The first-order chi connectivity index (χ1) is 16.4. The lowest BCUT2D eigenvalue weighted by molar-refractivity contribution is -0.137.